The molecule has 4 nitrogen and oxygen atoms in total. The summed E-state index contributed by atoms with van der Waals surface area (Å²) >= 11 is 3.59. The van der Waals surface area contributed by atoms with Gasteiger partial charge in [0.25, 0.3) is 0 Å². The number of aryl methyl sites for hydroxylation is 3. The van der Waals surface area contributed by atoms with Gasteiger partial charge in [0.15, 0.2) is 0 Å². The summed E-state index contributed by atoms with van der Waals surface area (Å²) in [7, 11) is 1.36. The van der Waals surface area contributed by atoms with Gasteiger partial charge in [-0.1, -0.05) is 11.6 Å². The van der Waals surface area contributed by atoms with E-state index in [-0.39, 0.29) is 0 Å². The molecule has 0 bridgehead atoms. The standard InChI is InChI=1S/C22H26BBrN2O2/c1-14-10-16-4-5-17-12-18(24)13-25-22(17)21(20(16)19(11-14)28-3)15-6-8-26(9-7-15)23(2)27/h10-13,27H,4-9H2,1-3H3. The molecule has 1 aromatic carbocycles. The number of ether oxygens (including phenoxy) is 1. The van der Waals surface area contributed by atoms with Crippen LogP contribution in [0.5, 0.6) is 5.75 Å². The van der Waals surface area contributed by atoms with E-state index in [0.717, 1.165) is 54.7 Å². The van der Waals surface area contributed by atoms with E-state index in [0.29, 0.717) is 0 Å². The molecule has 0 unspecified atom stereocenters. The van der Waals surface area contributed by atoms with E-state index < -0.39 is 7.05 Å². The zero-order valence-electron chi connectivity index (χ0n) is 16.8. The molecule has 0 saturated carbocycles. The van der Waals surface area contributed by atoms with Crippen molar-refractivity contribution in [2.75, 3.05) is 20.2 Å². The molecule has 0 radical (unpaired) electrons. The first-order valence-electron chi connectivity index (χ1n) is 9.94. The van der Waals surface area contributed by atoms with Crippen molar-refractivity contribution < 1.29 is 9.76 Å². The van der Waals surface area contributed by atoms with Crippen molar-refractivity contribution in [3.05, 3.63) is 62.4 Å². The molecule has 1 aromatic heterocycles. The molecule has 1 saturated heterocycles. The van der Waals surface area contributed by atoms with Gasteiger partial charge >= 0.3 is 7.05 Å². The lowest BCUT2D eigenvalue weighted by atomic mass is 9.80. The molecule has 0 spiro atoms. The van der Waals surface area contributed by atoms with Crippen molar-refractivity contribution in [2.24, 2.45) is 0 Å². The highest BCUT2D eigenvalue weighted by atomic mass is 79.9. The van der Waals surface area contributed by atoms with Gasteiger partial charge in [-0.05, 0) is 97.3 Å². The van der Waals surface area contributed by atoms with Crippen molar-refractivity contribution in [3.8, 4) is 5.75 Å². The van der Waals surface area contributed by atoms with E-state index in [9.17, 15) is 5.02 Å². The Morgan fingerprint density at radius 2 is 1.82 bits per heavy atom. The highest BCUT2D eigenvalue weighted by Crippen LogP contribution is 2.43. The fourth-order valence-corrected chi connectivity index (χ4v) is 4.89. The van der Waals surface area contributed by atoms with E-state index in [1.807, 2.05) is 13.0 Å². The molecule has 146 valence electrons. The summed E-state index contributed by atoms with van der Waals surface area (Å²) < 4.78 is 6.87. The molecule has 2 aliphatic rings. The van der Waals surface area contributed by atoms with Crippen LogP contribution in [-0.4, -0.2) is 42.1 Å². The molecule has 0 amide bonds. The smallest absolute Gasteiger partial charge is 0.376 e. The predicted octanol–water partition coefficient (Wildman–Crippen LogP) is 4.27. The number of hydrogen-bond acceptors (Lipinski definition) is 4. The van der Waals surface area contributed by atoms with Gasteiger partial charge in [0.05, 0.1) is 12.8 Å². The van der Waals surface area contributed by atoms with Crippen LogP contribution < -0.4 is 4.74 Å². The van der Waals surface area contributed by atoms with Crippen LogP contribution >= 0.6 is 15.9 Å². The van der Waals surface area contributed by atoms with Crippen LogP contribution in [0, 0.1) is 6.92 Å². The molecule has 1 aliphatic heterocycles. The number of aromatic nitrogens is 1. The summed E-state index contributed by atoms with van der Waals surface area (Å²) in [6, 6.07) is 6.64. The molecule has 1 fully saturated rings. The summed E-state index contributed by atoms with van der Waals surface area (Å²) in [5.41, 5.74) is 8.81. The second-order valence-corrected chi connectivity index (χ2v) is 8.72. The summed E-state index contributed by atoms with van der Waals surface area (Å²) in [4.78, 5) is 6.99. The molecular formula is C22H26BBrN2O2. The summed E-state index contributed by atoms with van der Waals surface area (Å²) in [5.74, 6) is 0.938. The molecular weight excluding hydrogens is 415 g/mol. The van der Waals surface area contributed by atoms with Crippen molar-refractivity contribution in [1.29, 1.82) is 0 Å². The van der Waals surface area contributed by atoms with Crippen LogP contribution in [0.15, 0.2) is 34.4 Å². The fraction of sp³-hybridized carbons (Fsp3) is 0.409. The Balaban J connectivity index is 1.93. The predicted molar refractivity (Wildman–Crippen MR) is 118 cm³/mol. The maximum absolute atomic E-state index is 9.95. The summed E-state index contributed by atoms with van der Waals surface area (Å²) in [6.45, 7) is 5.71. The zero-order chi connectivity index (χ0) is 19.8. The Morgan fingerprint density at radius 1 is 1.11 bits per heavy atom. The molecule has 2 heterocycles. The minimum Gasteiger partial charge on any atom is -0.496 e. The third-order valence-corrected chi connectivity index (χ3v) is 6.35. The first-order valence-corrected chi connectivity index (χ1v) is 10.7. The average Bonchev–Trinajstić information content (AvgIpc) is 2.84. The first-order chi connectivity index (χ1) is 13.5. The quantitative estimate of drug-likeness (QED) is 0.708. The first kappa shape index (κ1) is 19.7. The van der Waals surface area contributed by atoms with Gasteiger partial charge in [0.2, 0.25) is 0 Å². The van der Waals surface area contributed by atoms with Crippen LogP contribution in [-0.2, 0) is 12.8 Å². The Labute approximate surface area is 175 Å². The van der Waals surface area contributed by atoms with Crippen LogP contribution in [0.1, 0.15) is 40.8 Å². The highest BCUT2D eigenvalue weighted by Gasteiger charge is 2.29. The molecule has 1 N–H and O–H groups in total. The lowest BCUT2D eigenvalue weighted by molar-refractivity contribution is 0.345. The van der Waals surface area contributed by atoms with E-state index in [1.165, 1.54) is 33.4 Å². The SMILES string of the molecule is COc1cc(C)cc2c1C(=C1CCN(B(C)O)CC1)c1ncc(Br)cc1CC2. The van der Waals surface area contributed by atoms with Crippen LogP contribution in [0.3, 0.4) is 0 Å². The van der Waals surface area contributed by atoms with Crippen molar-refractivity contribution in [1.82, 2.24) is 9.79 Å². The maximum Gasteiger partial charge on any atom is 0.376 e. The number of benzene rings is 1. The topological polar surface area (TPSA) is 45.6 Å². The van der Waals surface area contributed by atoms with Gasteiger partial charge in [-0.2, -0.15) is 0 Å². The van der Waals surface area contributed by atoms with Gasteiger partial charge in [0, 0.05) is 21.8 Å². The molecule has 1 aliphatic carbocycles. The number of fused-ring (bicyclic) bond motifs is 2. The van der Waals surface area contributed by atoms with Gasteiger partial charge in [-0.25, -0.2) is 0 Å². The second-order valence-electron chi connectivity index (χ2n) is 7.81. The Kier molecular flexibility index (Phi) is 5.63. The number of methoxy groups -OCH3 is 1. The van der Waals surface area contributed by atoms with Gasteiger partial charge in [-0.3, -0.25) is 4.98 Å². The molecule has 2 aromatic rings. The van der Waals surface area contributed by atoms with Gasteiger partial charge < -0.3 is 14.6 Å². The van der Waals surface area contributed by atoms with Crippen molar-refractivity contribution >= 4 is 28.6 Å². The lowest BCUT2D eigenvalue weighted by Crippen LogP contribution is -2.41. The number of piperidine rings is 1. The van der Waals surface area contributed by atoms with Gasteiger partial charge in [0.1, 0.15) is 5.75 Å². The normalized spacial score (nSPS) is 17.0. The lowest BCUT2D eigenvalue weighted by Gasteiger charge is -2.31. The Morgan fingerprint density at radius 3 is 2.50 bits per heavy atom. The van der Waals surface area contributed by atoms with E-state index in [1.54, 1.807) is 7.11 Å². The Hall–Kier alpha value is -1.63. The minimum atomic E-state index is -0.397. The fourth-order valence-electron chi connectivity index (χ4n) is 4.51. The monoisotopic (exact) mass is 440 g/mol. The van der Waals surface area contributed by atoms with Crippen LogP contribution in [0.25, 0.3) is 5.57 Å². The summed E-state index contributed by atoms with van der Waals surface area (Å²) in [5, 5.41) is 9.95. The molecule has 6 heteroatoms. The number of halogens is 1. The zero-order valence-corrected chi connectivity index (χ0v) is 18.3. The van der Waals surface area contributed by atoms with E-state index in [2.05, 4.69) is 45.9 Å². The van der Waals surface area contributed by atoms with Crippen LogP contribution in [0.4, 0.5) is 0 Å². The molecule has 0 atom stereocenters. The largest absolute Gasteiger partial charge is 0.496 e. The average molecular weight is 441 g/mol. The number of rotatable bonds is 2. The highest BCUT2D eigenvalue weighted by molar-refractivity contribution is 9.10. The van der Waals surface area contributed by atoms with E-state index >= 15 is 0 Å². The Bertz CT molecular complexity index is 932. The summed E-state index contributed by atoms with van der Waals surface area (Å²) in [6.07, 6.45) is 5.73. The number of pyridine rings is 1. The third kappa shape index (κ3) is 3.65. The second kappa shape index (κ2) is 8.01. The molecule has 4 rings (SSSR count). The van der Waals surface area contributed by atoms with Crippen molar-refractivity contribution in [2.45, 2.75) is 39.4 Å². The van der Waals surface area contributed by atoms with E-state index in [4.69, 9.17) is 9.72 Å². The maximum atomic E-state index is 9.95. The number of hydrogen-bond donors (Lipinski definition) is 1. The van der Waals surface area contributed by atoms with Crippen molar-refractivity contribution in [3.63, 3.8) is 0 Å². The number of nitrogens with zero attached hydrogens (tertiary/aromatic N) is 2. The minimum absolute atomic E-state index is 0.397. The molecule has 28 heavy (non-hydrogen) atoms. The third-order valence-electron chi connectivity index (χ3n) is 5.92. The van der Waals surface area contributed by atoms with Gasteiger partial charge in [-0.15, -0.1) is 0 Å². The van der Waals surface area contributed by atoms with Crippen LogP contribution in [0.2, 0.25) is 6.82 Å².